The Hall–Kier alpha value is -2.41. The van der Waals surface area contributed by atoms with Gasteiger partial charge in [-0.25, -0.2) is 9.97 Å². The van der Waals surface area contributed by atoms with Crippen LogP contribution in [-0.4, -0.2) is 21.6 Å². The topological polar surface area (TPSA) is 86.0 Å². The summed E-state index contributed by atoms with van der Waals surface area (Å²) in [5.41, 5.74) is 8.52. The molecule has 0 unspecified atom stereocenters. The van der Waals surface area contributed by atoms with E-state index in [1.54, 1.807) is 11.3 Å². The number of nitrogens with two attached hydrogens (primary N) is 1. The largest absolute Gasteiger partial charge is 0.476 e. The van der Waals surface area contributed by atoms with Crippen LogP contribution in [0.2, 0.25) is 0 Å². The van der Waals surface area contributed by atoms with Crippen molar-refractivity contribution >= 4 is 38.2 Å². The monoisotopic (exact) mass is 301 g/mol. The van der Waals surface area contributed by atoms with Crippen molar-refractivity contribution < 1.29 is 4.74 Å². The molecule has 3 rings (SSSR count). The van der Waals surface area contributed by atoms with Crippen molar-refractivity contribution in [2.75, 3.05) is 17.7 Å². The summed E-state index contributed by atoms with van der Waals surface area (Å²) in [6.45, 7) is 4.42. The van der Waals surface area contributed by atoms with Gasteiger partial charge in [-0.15, -0.1) is 0 Å². The Morgan fingerprint density at radius 3 is 2.95 bits per heavy atom. The van der Waals surface area contributed by atoms with Gasteiger partial charge in [0.2, 0.25) is 5.88 Å². The third-order valence-electron chi connectivity index (χ3n) is 2.97. The van der Waals surface area contributed by atoms with E-state index in [1.807, 2.05) is 32.0 Å². The van der Waals surface area contributed by atoms with Crippen LogP contribution in [0, 0.1) is 6.92 Å². The molecule has 2 aromatic heterocycles. The maximum absolute atomic E-state index is 6.01. The van der Waals surface area contributed by atoms with Crippen molar-refractivity contribution in [3.8, 4) is 5.88 Å². The number of nitrogens with zero attached hydrogens (tertiary/aromatic N) is 3. The van der Waals surface area contributed by atoms with Crippen LogP contribution in [-0.2, 0) is 0 Å². The van der Waals surface area contributed by atoms with Gasteiger partial charge in [0.15, 0.2) is 10.9 Å². The Kier molecular flexibility index (Phi) is 3.57. The molecule has 0 bridgehead atoms. The number of hydrogen-bond acceptors (Lipinski definition) is 7. The van der Waals surface area contributed by atoms with E-state index in [0.29, 0.717) is 24.0 Å². The predicted octanol–water partition coefficient (Wildman–Crippen LogP) is 3.12. The lowest BCUT2D eigenvalue weighted by Crippen LogP contribution is -2.04. The number of nitrogen functional groups attached to an aromatic ring is 1. The van der Waals surface area contributed by atoms with Crippen LogP contribution in [0.3, 0.4) is 0 Å². The van der Waals surface area contributed by atoms with Crippen LogP contribution in [0.4, 0.5) is 16.6 Å². The minimum Gasteiger partial charge on any atom is -0.476 e. The second-order valence-corrected chi connectivity index (χ2v) is 5.47. The average Bonchev–Trinajstić information content (AvgIpc) is 2.88. The van der Waals surface area contributed by atoms with Crippen LogP contribution in [0.1, 0.15) is 12.5 Å². The van der Waals surface area contributed by atoms with E-state index in [4.69, 9.17) is 10.5 Å². The molecule has 0 fully saturated rings. The molecule has 0 radical (unpaired) electrons. The molecular formula is C14H15N5OS. The van der Waals surface area contributed by atoms with Crippen molar-refractivity contribution in [1.29, 1.82) is 0 Å². The zero-order valence-electron chi connectivity index (χ0n) is 11.8. The van der Waals surface area contributed by atoms with Gasteiger partial charge in [0.1, 0.15) is 12.0 Å². The number of thiazole rings is 1. The lowest BCUT2D eigenvalue weighted by molar-refractivity contribution is 0.328. The SMILES string of the molecule is CCOc1ncnc(Nc2nc3c(C)cccc3s2)c1N. The lowest BCUT2D eigenvalue weighted by atomic mass is 10.2. The molecule has 0 aliphatic carbocycles. The zero-order chi connectivity index (χ0) is 14.8. The van der Waals surface area contributed by atoms with Gasteiger partial charge in [-0.2, -0.15) is 4.98 Å². The first-order valence-electron chi connectivity index (χ1n) is 6.55. The molecule has 0 spiro atoms. The number of ether oxygens (including phenoxy) is 1. The van der Waals surface area contributed by atoms with Crippen LogP contribution in [0.5, 0.6) is 5.88 Å². The zero-order valence-corrected chi connectivity index (χ0v) is 12.6. The van der Waals surface area contributed by atoms with Gasteiger partial charge in [0.25, 0.3) is 0 Å². The number of para-hydroxylation sites is 1. The van der Waals surface area contributed by atoms with Crippen LogP contribution < -0.4 is 15.8 Å². The quantitative estimate of drug-likeness (QED) is 0.770. The van der Waals surface area contributed by atoms with E-state index in [-0.39, 0.29) is 0 Å². The summed E-state index contributed by atoms with van der Waals surface area (Å²) in [7, 11) is 0. The van der Waals surface area contributed by atoms with E-state index in [9.17, 15) is 0 Å². The molecule has 0 saturated carbocycles. The van der Waals surface area contributed by atoms with Crippen LogP contribution in [0.25, 0.3) is 10.2 Å². The molecule has 3 N–H and O–H groups in total. The number of anilines is 3. The molecule has 1 aromatic carbocycles. The number of rotatable bonds is 4. The van der Waals surface area contributed by atoms with Crippen molar-refractivity contribution in [2.45, 2.75) is 13.8 Å². The fourth-order valence-corrected chi connectivity index (χ4v) is 2.91. The van der Waals surface area contributed by atoms with Gasteiger partial charge in [-0.3, -0.25) is 0 Å². The Labute approximate surface area is 126 Å². The van der Waals surface area contributed by atoms with Gasteiger partial charge in [-0.1, -0.05) is 23.5 Å². The molecule has 7 heteroatoms. The molecule has 108 valence electrons. The van der Waals surface area contributed by atoms with Crippen molar-refractivity contribution in [3.05, 3.63) is 30.1 Å². The third kappa shape index (κ3) is 2.59. The smallest absolute Gasteiger partial charge is 0.242 e. The Morgan fingerprint density at radius 1 is 1.33 bits per heavy atom. The van der Waals surface area contributed by atoms with Crippen molar-refractivity contribution in [1.82, 2.24) is 15.0 Å². The summed E-state index contributed by atoms with van der Waals surface area (Å²) >= 11 is 1.56. The van der Waals surface area contributed by atoms with Crippen molar-refractivity contribution in [3.63, 3.8) is 0 Å². The molecule has 6 nitrogen and oxygen atoms in total. The van der Waals surface area contributed by atoms with Gasteiger partial charge in [0.05, 0.1) is 16.8 Å². The molecule has 0 atom stereocenters. The second-order valence-electron chi connectivity index (χ2n) is 4.44. The molecule has 3 aromatic rings. The minimum absolute atomic E-state index is 0.382. The first-order chi connectivity index (χ1) is 10.2. The van der Waals surface area contributed by atoms with E-state index in [1.165, 1.54) is 6.33 Å². The highest BCUT2D eigenvalue weighted by Crippen LogP contribution is 2.32. The van der Waals surface area contributed by atoms with E-state index in [0.717, 1.165) is 20.9 Å². The van der Waals surface area contributed by atoms with Gasteiger partial charge < -0.3 is 15.8 Å². The first-order valence-corrected chi connectivity index (χ1v) is 7.37. The standard InChI is InChI=1S/C14H15N5OS/c1-3-20-13-10(15)12(16-7-17-13)19-14-18-11-8(2)5-4-6-9(11)21-14/h4-7H,3,15H2,1-2H3,(H,16,17,18,19). The fraction of sp³-hybridized carbons (Fsp3) is 0.214. The summed E-state index contributed by atoms with van der Waals surface area (Å²) in [5.74, 6) is 0.887. The Morgan fingerprint density at radius 2 is 2.19 bits per heavy atom. The first kappa shape index (κ1) is 13.6. The highest BCUT2D eigenvalue weighted by molar-refractivity contribution is 7.22. The number of benzene rings is 1. The Balaban J connectivity index is 1.95. The van der Waals surface area contributed by atoms with Gasteiger partial charge in [0, 0.05) is 0 Å². The highest BCUT2D eigenvalue weighted by Gasteiger charge is 2.12. The lowest BCUT2D eigenvalue weighted by Gasteiger charge is -2.08. The van der Waals surface area contributed by atoms with Gasteiger partial charge in [-0.05, 0) is 25.5 Å². The molecule has 0 aliphatic rings. The van der Waals surface area contributed by atoms with E-state index in [2.05, 4.69) is 20.3 Å². The molecular weight excluding hydrogens is 286 g/mol. The maximum Gasteiger partial charge on any atom is 0.242 e. The van der Waals surface area contributed by atoms with E-state index >= 15 is 0 Å². The average molecular weight is 301 g/mol. The fourth-order valence-electron chi connectivity index (χ4n) is 1.97. The minimum atomic E-state index is 0.382. The summed E-state index contributed by atoms with van der Waals surface area (Å²) in [6, 6.07) is 6.10. The van der Waals surface area contributed by atoms with E-state index < -0.39 is 0 Å². The molecule has 0 saturated heterocycles. The summed E-state index contributed by atoms with van der Waals surface area (Å²) in [5, 5.41) is 3.88. The number of aromatic nitrogens is 3. The van der Waals surface area contributed by atoms with Crippen LogP contribution >= 0.6 is 11.3 Å². The summed E-state index contributed by atoms with van der Waals surface area (Å²) in [6.07, 6.45) is 1.42. The Bertz CT molecular complexity index is 786. The summed E-state index contributed by atoms with van der Waals surface area (Å²) in [4.78, 5) is 12.7. The number of aryl methyl sites for hydroxylation is 1. The molecule has 21 heavy (non-hydrogen) atoms. The molecule has 0 amide bonds. The van der Waals surface area contributed by atoms with Crippen molar-refractivity contribution in [2.24, 2.45) is 0 Å². The number of nitrogens with one attached hydrogen (secondary N) is 1. The molecule has 2 heterocycles. The number of fused-ring (bicyclic) bond motifs is 1. The molecule has 0 aliphatic heterocycles. The second kappa shape index (κ2) is 5.53. The predicted molar refractivity (Wildman–Crippen MR) is 85.3 cm³/mol. The summed E-state index contributed by atoms with van der Waals surface area (Å²) < 4.78 is 6.48. The normalized spacial score (nSPS) is 10.8. The maximum atomic E-state index is 6.01. The number of hydrogen-bond donors (Lipinski definition) is 2. The van der Waals surface area contributed by atoms with Gasteiger partial charge >= 0.3 is 0 Å². The highest BCUT2D eigenvalue weighted by atomic mass is 32.1. The third-order valence-corrected chi connectivity index (χ3v) is 3.91. The van der Waals surface area contributed by atoms with Crippen LogP contribution in [0.15, 0.2) is 24.5 Å².